The van der Waals surface area contributed by atoms with E-state index in [2.05, 4.69) is 0 Å². The number of benzene rings is 2. The molecular formula is C34H48FN2O9P. The fourth-order valence-electron chi connectivity index (χ4n) is 5.57. The van der Waals surface area contributed by atoms with E-state index >= 15 is 0 Å². The van der Waals surface area contributed by atoms with Crippen LogP contribution in [-0.2, 0) is 29.9 Å². The Morgan fingerprint density at radius 3 is 2.11 bits per heavy atom. The van der Waals surface area contributed by atoms with Crippen LogP contribution >= 0.6 is 7.37 Å². The standard InChI is InChI=1S/C34H48FN2O9P/c1-8-44-47(43)20-19-36(22-25-13-16-27(38)21-28(25)24-11-14-26(35)15-12-24)23-34(47,29(39)40)17-9-10-18-37(30(41)45-32(2,3)4)31(42)46-33(5,6)7/h11-16,21,38H,8-10,17-20,22-23H2,1-7H3,(H,39,40)/t34-,47?/m0/s1. The van der Waals surface area contributed by atoms with Gasteiger partial charge >= 0.3 is 18.2 Å². The number of halogens is 1. The van der Waals surface area contributed by atoms with Gasteiger partial charge in [0.05, 0.1) is 6.61 Å². The van der Waals surface area contributed by atoms with Crippen molar-refractivity contribution >= 4 is 25.5 Å². The van der Waals surface area contributed by atoms with Gasteiger partial charge < -0.3 is 24.2 Å². The molecule has 2 aromatic rings. The molecule has 260 valence electrons. The van der Waals surface area contributed by atoms with Gasteiger partial charge in [-0.15, -0.1) is 0 Å². The number of unbranched alkanes of at least 4 members (excludes halogenated alkanes) is 1. The van der Waals surface area contributed by atoms with Crippen LogP contribution in [0.25, 0.3) is 11.1 Å². The molecule has 0 radical (unpaired) electrons. The molecule has 47 heavy (non-hydrogen) atoms. The number of hydrogen-bond donors (Lipinski definition) is 2. The van der Waals surface area contributed by atoms with Gasteiger partial charge in [0, 0.05) is 32.3 Å². The molecule has 0 bridgehead atoms. The molecule has 1 aliphatic rings. The van der Waals surface area contributed by atoms with Gasteiger partial charge in [0.25, 0.3) is 0 Å². The average molecular weight is 679 g/mol. The van der Waals surface area contributed by atoms with Crippen molar-refractivity contribution in [2.75, 3.05) is 32.4 Å². The highest BCUT2D eigenvalue weighted by molar-refractivity contribution is 7.62. The second-order valence-electron chi connectivity index (χ2n) is 13.8. The molecule has 3 rings (SSSR count). The normalized spacial score (nSPS) is 20.4. The first-order valence-corrected chi connectivity index (χ1v) is 17.6. The summed E-state index contributed by atoms with van der Waals surface area (Å²) < 4.78 is 44.5. The Kier molecular flexibility index (Phi) is 12.3. The van der Waals surface area contributed by atoms with Crippen molar-refractivity contribution < 1.29 is 47.5 Å². The first-order valence-electron chi connectivity index (χ1n) is 15.8. The number of phenols is 1. The first kappa shape index (κ1) is 38.0. The minimum atomic E-state index is -3.71. The van der Waals surface area contributed by atoms with E-state index in [1.54, 1.807) is 72.7 Å². The molecule has 1 aliphatic heterocycles. The fourth-order valence-corrected chi connectivity index (χ4v) is 8.54. The van der Waals surface area contributed by atoms with Crippen LogP contribution in [0.4, 0.5) is 14.0 Å². The lowest BCUT2D eigenvalue weighted by Crippen LogP contribution is -2.54. The van der Waals surface area contributed by atoms with E-state index in [1.807, 2.05) is 4.90 Å². The van der Waals surface area contributed by atoms with Crippen LogP contribution in [0.5, 0.6) is 5.75 Å². The van der Waals surface area contributed by atoms with Gasteiger partial charge in [0.15, 0.2) is 5.16 Å². The van der Waals surface area contributed by atoms with Crippen LogP contribution in [0.2, 0.25) is 0 Å². The predicted molar refractivity (Wildman–Crippen MR) is 176 cm³/mol. The number of phenolic OH excluding ortho intramolecular Hbond substituents is 1. The summed E-state index contributed by atoms with van der Waals surface area (Å²) in [5.74, 6) is -1.62. The molecule has 0 aliphatic carbocycles. The molecule has 0 saturated carbocycles. The number of amides is 2. The maximum Gasteiger partial charge on any atom is 0.419 e. The molecule has 2 atom stereocenters. The highest BCUT2D eigenvalue weighted by Gasteiger charge is 2.58. The lowest BCUT2D eigenvalue weighted by atomic mass is 9.96. The van der Waals surface area contributed by atoms with Crippen LogP contribution in [0, 0.1) is 5.82 Å². The minimum absolute atomic E-state index is 0.0129. The molecule has 2 amide bonds. The van der Waals surface area contributed by atoms with E-state index in [0.29, 0.717) is 17.7 Å². The van der Waals surface area contributed by atoms with Gasteiger partial charge in [-0.2, -0.15) is 0 Å². The number of carboxylic acid groups (broad SMARTS) is 1. The van der Waals surface area contributed by atoms with E-state index in [-0.39, 0.29) is 57.4 Å². The smallest absolute Gasteiger partial charge is 0.419 e. The molecule has 0 spiro atoms. The summed E-state index contributed by atoms with van der Waals surface area (Å²) in [5.41, 5.74) is 0.377. The summed E-state index contributed by atoms with van der Waals surface area (Å²) in [6, 6.07) is 10.7. The van der Waals surface area contributed by atoms with Gasteiger partial charge in [-0.3, -0.25) is 14.3 Å². The third-order valence-corrected chi connectivity index (χ3v) is 11.0. The summed E-state index contributed by atoms with van der Waals surface area (Å²) >= 11 is 0. The van der Waals surface area contributed by atoms with Crippen molar-refractivity contribution in [1.82, 2.24) is 9.80 Å². The number of carboxylic acids is 1. The van der Waals surface area contributed by atoms with E-state index in [0.717, 1.165) is 10.5 Å². The molecule has 13 heteroatoms. The second-order valence-corrected chi connectivity index (χ2v) is 16.7. The van der Waals surface area contributed by atoms with E-state index in [9.17, 15) is 33.6 Å². The quantitative estimate of drug-likeness (QED) is 0.181. The molecular weight excluding hydrogens is 630 g/mol. The van der Waals surface area contributed by atoms with Crippen LogP contribution in [0.3, 0.4) is 0 Å². The van der Waals surface area contributed by atoms with Crippen molar-refractivity contribution in [3.05, 3.63) is 53.8 Å². The summed E-state index contributed by atoms with van der Waals surface area (Å²) in [5, 5.41) is 19.1. The Hall–Kier alpha value is -3.47. The maximum atomic E-state index is 14.3. The number of carbonyl (C=O) groups is 3. The summed E-state index contributed by atoms with van der Waals surface area (Å²) in [6.07, 6.45) is -1.37. The number of carbonyl (C=O) groups excluding carboxylic acids is 2. The molecule has 11 nitrogen and oxygen atoms in total. The van der Waals surface area contributed by atoms with Crippen molar-refractivity contribution in [2.45, 2.75) is 90.6 Å². The van der Waals surface area contributed by atoms with E-state index < -0.39 is 47.7 Å². The molecule has 1 saturated heterocycles. The van der Waals surface area contributed by atoms with Crippen molar-refractivity contribution in [3.8, 4) is 16.9 Å². The monoisotopic (exact) mass is 678 g/mol. The number of hydrogen-bond acceptors (Lipinski definition) is 9. The third-order valence-electron chi connectivity index (χ3n) is 7.68. The number of rotatable bonds is 11. The van der Waals surface area contributed by atoms with Crippen LogP contribution in [-0.4, -0.2) is 86.9 Å². The van der Waals surface area contributed by atoms with Gasteiger partial charge in [0.1, 0.15) is 22.8 Å². The van der Waals surface area contributed by atoms with Gasteiger partial charge in [0.2, 0.25) is 7.37 Å². The Morgan fingerprint density at radius 2 is 1.57 bits per heavy atom. The Bertz CT molecular complexity index is 1440. The molecule has 1 fully saturated rings. The topological polar surface area (TPSA) is 143 Å². The number of aromatic hydroxyl groups is 1. The Labute approximate surface area is 276 Å². The largest absolute Gasteiger partial charge is 0.508 e. The molecule has 1 heterocycles. The van der Waals surface area contributed by atoms with Crippen molar-refractivity contribution in [1.29, 1.82) is 0 Å². The lowest BCUT2D eigenvalue weighted by Gasteiger charge is -2.45. The predicted octanol–water partition coefficient (Wildman–Crippen LogP) is 7.49. The second kappa shape index (κ2) is 15.2. The Balaban J connectivity index is 1.85. The number of ether oxygens (including phenoxy) is 2. The zero-order valence-corrected chi connectivity index (χ0v) is 29.3. The third kappa shape index (κ3) is 10.0. The molecule has 2 aromatic carbocycles. The fraction of sp³-hybridized carbons (Fsp3) is 0.559. The summed E-state index contributed by atoms with van der Waals surface area (Å²) in [6.45, 7) is 12.2. The number of imide groups is 1. The SMILES string of the molecule is CCOP1(=O)CCN(Cc2ccc(O)cc2-c2ccc(F)cc2)C[C@@]1(CCCCN(C(=O)OC(C)(C)C)C(=O)OC(C)(C)C)C(=O)O. The van der Waals surface area contributed by atoms with Gasteiger partial charge in [-0.1, -0.05) is 18.2 Å². The van der Waals surface area contributed by atoms with Crippen molar-refractivity contribution in [3.63, 3.8) is 0 Å². The molecule has 2 N–H and O–H groups in total. The van der Waals surface area contributed by atoms with Crippen molar-refractivity contribution in [2.24, 2.45) is 0 Å². The van der Waals surface area contributed by atoms with Crippen LogP contribution in [0.15, 0.2) is 42.5 Å². The zero-order chi connectivity index (χ0) is 35.2. The zero-order valence-electron chi connectivity index (χ0n) is 28.4. The highest BCUT2D eigenvalue weighted by atomic mass is 31.2. The number of nitrogens with zero attached hydrogens (tertiary/aromatic N) is 2. The van der Waals surface area contributed by atoms with Crippen LogP contribution in [0.1, 0.15) is 73.3 Å². The molecule has 1 unspecified atom stereocenters. The van der Waals surface area contributed by atoms with E-state index in [1.165, 1.54) is 18.2 Å². The maximum absolute atomic E-state index is 14.3. The molecule has 0 aromatic heterocycles. The lowest BCUT2D eigenvalue weighted by molar-refractivity contribution is -0.141. The first-order chi connectivity index (χ1) is 21.8. The highest BCUT2D eigenvalue weighted by Crippen LogP contribution is 2.63. The summed E-state index contributed by atoms with van der Waals surface area (Å²) in [4.78, 5) is 41.7. The summed E-state index contributed by atoms with van der Waals surface area (Å²) in [7, 11) is -3.71. The average Bonchev–Trinajstić information content (AvgIpc) is 2.94. The van der Waals surface area contributed by atoms with Gasteiger partial charge in [-0.25, -0.2) is 18.9 Å². The van der Waals surface area contributed by atoms with Gasteiger partial charge in [-0.05, 0) is 109 Å². The Morgan fingerprint density at radius 1 is 0.979 bits per heavy atom. The van der Waals surface area contributed by atoms with Crippen LogP contribution < -0.4 is 0 Å². The number of aliphatic carboxylic acids is 1. The van der Waals surface area contributed by atoms with E-state index in [4.69, 9.17) is 14.0 Å². The minimum Gasteiger partial charge on any atom is -0.508 e.